The van der Waals surface area contributed by atoms with Crippen LogP contribution in [0.1, 0.15) is 52.1 Å². The van der Waals surface area contributed by atoms with Crippen LogP contribution in [0.5, 0.6) is 5.75 Å². The zero-order chi connectivity index (χ0) is 22.1. The molecular weight excluding hydrogens is 416 g/mol. The second-order valence-electron chi connectivity index (χ2n) is 7.69. The Morgan fingerprint density at radius 3 is 2.84 bits per heavy atom. The first kappa shape index (κ1) is 21.4. The second-order valence-corrected chi connectivity index (χ2v) is 8.79. The molecule has 0 fully saturated rings. The smallest absolute Gasteiger partial charge is 0.341 e. The molecule has 0 saturated heterocycles. The summed E-state index contributed by atoms with van der Waals surface area (Å²) >= 11 is 1.43. The maximum atomic E-state index is 13.0. The van der Waals surface area contributed by atoms with Gasteiger partial charge in [-0.05, 0) is 44.9 Å². The average molecular weight is 443 g/mol. The van der Waals surface area contributed by atoms with Gasteiger partial charge in [0.15, 0.2) is 17.1 Å². The first-order chi connectivity index (χ1) is 14.9. The maximum absolute atomic E-state index is 13.0. The molecule has 0 unspecified atom stereocenters. The molecule has 0 bridgehead atoms. The lowest BCUT2D eigenvalue weighted by atomic mass is 10.0. The summed E-state index contributed by atoms with van der Waals surface area (Å²) < 4.78 is 16.4. The third kappa shape index (κ3) is 4.05. The Kier molecular flexibility index (Phi) is 6.02. The van der Waals surface area contributed by atoms with Gasteiger partial charge in [0.1, 0.15) is 5.00 Å². The van der Waals surface area contributed by atoms with Crippen molar-refractivity contribution in [2.45, 2.75) is 39.8 Å². The third-order valence-electron chi connectivity index (χ3n) is 5.48. The van der Waals surface area contributed by atoms with Gasteiger partial charge in [-0.2, -0.15) is 0 Å². The average Bonchev–Trinajstić information content (AvgIpc) is 3.34. The van der Waals surface area contributed by atoms with Crippen LogP contribution in [0.4, 0.5) is 5.00 Å². The predicted molar refractivity (Wildman–Crippen MR) is 120 cm³/mol. The monoisotopic (exact) mass is 442 g/mol. The molecule has 1 amide bonds. The van der Waals surface area contributed by atoms with Crippen LogP contribution in [0.2, 0.25) is 0 Å². The highest BCUT2D eigenvalue weighted by Gasteiger charge is 2.30. The number of nitrogens with zero attached hydrogens (tertiary/aromatic N) is 1. The first-order valence-corrected chi connectivity index (χ1v) is 11.2. The van der Waals surface area contributed by atoms with Gasteiger partial charge in [-0.25, -0.2) is 4.79 Å². The SMILES string of the molecule is CCOC(=O)c1c(NC(=O)c2cc3cccc(OC)c3o2)sc2c1CCN(C(C)C)C2. The molecule has 31 heavy (non-hydrogen) atoms. The van der Waals surface area contributed by atoms with Gasteiger partial charge in [-0.1, -0.05) is 12.1 Å². The van der Waals surface area contributed by atoms with E-state index in [2.05, 4.69) is 24.1 Å². The van der Waals surface area contributed by atoms with Gasteiger partial charge >= 0.3 is 5.97 Å². The van der Waals surface area contributed by atoms with Crippen molar-refractivity contribution in [2.75, 3.05) is 25.6 Å². The summed E-state index contributed by atoms with van der Waals surface area (Å²) in [6.45, 7) is 7.98. The van der Waals surface area contributed by atoms with Crippen LogP contribution >= 0.6 is 11.3 Å². The topological polar surface area (TPSA) is 81.0 Å². The number of furan rings is 1. The van der Waals surface area contributed by atoms with Crippen molar-refractivity contribution in [3.63, 3.8) is 0 Å². The summed E-state index contributed by atoms with van der Waals surface area (Å²) in [5.41, 5.74) is 1.95. The number of carbonyl (C=O) groups is 2. The summed E-state index contributed by atoms with van der Waals surface area (Å²) in [5.74, 6) is -0.101. The third-order valence-corrected chi connectivity index (χ3v) is 6.61. The van der Waals surface area contributed by atoms with Crippen LogP contribution in [0.25, 0.3) is 11.0 Å². The number of esters is 1. The van der Waals surface area contributed by atoms with E-state index >= 15 is 0 Å². The lowest BCUT2D eigenvalue weighted by molar-refractivity contribution is 0.0526. The molecule has 1 aliphatic heterocycles. The highest BCUT2D eigenvalue weighted by Crippen LogP contribution is 2.38. The quantitative estimate of drug-likeness (QED) is 0.558. The second kappa shape index (κ2) is 8.72. The van der Waals surface area contributed by atoms with Crippen molar-refractivity contribution in [3.8, 4) is 5.75 Å². The number of thiophene rings is 1. The molecule has 0 spiro atoms. The van der Waals surface area contributed by atoms with Crippen LogP contribution in [0.3, 0.4) is 0 Å². The van der Waals surface area contributed by atoms with E-state index < -0.39 is 11.9 Å². The molecule has 0 saturated carbocycles. The predicted octanol–water partition coefficient (Wildman–Crippen LogP) is 4.70. The Balaban J connectivity index is 1.67. The molecule has 1 aromatic carbocycles. The van der Waals surface area contributed by atoms with E-state index in [1.807, 2.05) is 12.1 Å². The number of benzene rings is 1. The van der Waals surface area contributed by atoms with Crippen molar-refractivity contribution in [2.24, 2.45) is 0 Å². The summed E-state index contributed by atoms with van der Waals surface area (Å²) in [4.78, 5) is 29.2. The van der Waals surface area contributed by atoms with Gasteiger partial charge in [0.25, 0.3) is 5.91 Å². The fourth-order valence-electron chi connectivity index (χ4n) is 3.84. The van der Waals surface area contributed by atoms with E-state index in [0.717, 1.165) is 35.3 Å². The number of anilines is 1. The largest absolute Gasteiger partial charge is 0.493 e. The lowest BCUT2D eigenvalue weighted by Gasteiger charge is -2.30. The standard InChI is InChI=1S/C23H26N2O5S/c1-5-29-23(27)19-15-9-10-25(13(2)3)12-18(15)31-22(19)24-21(26)17-11-14-7-6-8-16(28-4)20(14)30-17/h6-8,11,13H,5,9-10,12H2,1-4H3,(H,24,26). The minimum Gasteiger partial charge on any atom is -0.493 e. The van der Waals surface area contributed by atoms with Gasteiger partial charge in [0, 0.05) is 29.4 Å². The van der Waals surface area contributed by atoms with Crippen molar-refractivity contribution < 1.29 is 23.5 Å². The lowest BCUT2D eigenvalue weighted by Crippen LogP contribution is -2.35. The van der Waals surface area contributed by atoms with E-state index in [1.165, 1.54) is 11.3 Å². The Labute approximate surface area is 184 Å². The molecule has 2 aromatic heterocycles. The van der Waals surface area contributed by atoms with Crippen molar-refractivity contribution in [1.29, 1.82) is 0 Å². The number of methoxy groups -OCH3 is 1. The number of hydrogen-bond donors (Lipinski definition) is 1. The number of amides is 1. The Bertz CT molecular complexity index is 1130. The van der Waals surface area contributed by atoms with E-state index in [0.29, 0.717) is 27.9 Å². The van der Waals surface area contributed by atoms with E-state index in [4.69, 9.17) is 13.9 Å². The number of para-hydroxylation sites is 1. The maximum Gasteiger partial charge on any atom is 0.341 e. The molecule has 3 heterocycles. The number of rotatable bonds is 6. The van der Waals surface area contributed by atoms with E-state index in [-0.39, 0.29) is 12.4 Å². The highest BCUT2D eigenvalue weighted by atomic mass is 32.1. The summed E-state index contributed by atoms with van der Waals surface area (Å²) in [6.07, 6.45) is 0.746. The van der Waals surface area contributed by atoms with E-state index in [9.17, 15) is 9.59 Å². The van der Waals surface area contributed by atoms with Crippen LogP contribution in [-0.2, 0) is 17.7 Å². The molecule has 4 rings (SSSR count). The molecule has 7 nitrogen and oxygen atoms in total. The van der Waals surface area contributed by atoms with Crippen molar-refractivity contribution in [3.05, 3.63) is 46.0 Å². The minimum atomic E-state index is -0.414. The molecule has 8 heteroatoms. The van der Waals surface area contributed by atoms with Crippen molar-refractivity contribution >= 4 is 39.2 Å². The van der Waals surface area contributed by atoms with Crippen LogP contribution in [0.15, 0.2) is 28.7 Å². The van der Waals surface area contributed by atoms with E-state index in [1.54, 1.807) is 26.2 Å². The number of nitrogens with one attached hydrogen (secondary N) is 1. The molecular formula is C23H26N2O5S. The van der Waals surface area contributed by atoms with Crippen LogP contribution in [-0.4, -0.2) is 43.1 Å². The van der Waals surface area contributed by atoms with Gasteiger partial charge in [0.2, 0.25) is 0 Å². The van der Waals surface area contributed by atoms with Gasteiger partial charge < -0.3 is 19.2 Å². The Hall–Kier alpha value is -2.84. The fourth-order valence-corrected chi connectivity index (χ4v) is 5.10. The number of ether oxygens (including phenoxy) is 2. The highest BCUT2D eigenvalue weighted by molar-refractivity contribution is 7.17. The van der Waals surface area contributed by atoms with Gasteiger partial charge in [0.05, 0.1) is 19.3 Å². The molecule has 0 radical (unpaired) electrons. The number of carbonyl (C=O) groups excluding carboxylic acids is 2. The molecule has 0 atom stereocenters. The Morgan fingerprint density at radius 2 is 2.13 bits per heavy atom. The minimum absolute atomic E-state index is 0.157. The number of fused-ring (bicyclic) bond motifs is 2. The summed E-state index contributed by atoms with van der Waals surface area (Å²) in [7, 11) is 1.55. The Morgan fingerprint density at radius 1 is 1.32 bits per heavy atom. The van der Waals surface area contributed by atoms with Gasteiger partial charge in [-0.3, -0.25) is 9.69 Å². The molecule has 164 valence electrons. The normalized spacial score (nSPS) is 14.0. The van der Waals surface area contributed by atoms with Crippen LogP contribution < -0.4 is 10.1 Å². The number of hydrogen-bond acceptors (Lipinski definition) is 7. The molecule has 1 N–H and O–H groups in total. The van der Waals surface area contributed by atoms with Crippen LogP contribution in [0, 0.1) is 0 Å². The first-order valence-electron chi connectivity index (χ1n) is 10.4. The van der Waals surface area contributed by atoms with Gasteiger partial charge in [-0.15, -0.1) is 11.3 Å². The summed E-state index contributed by atoms with van der Waals surface area (Å²) in [6, 6.07) is 7.55. The zero-order valence-electron chi connectivity index (χ0n) is 18.1. The zero-order valence-corrected chi connectivity index (χ0v) is 18.9. The fraction of sp³-hybridized carbons (Fsp3) is 0.391. The molecule has 1 aliphatic rings. The summed E-state index contributed by atoms with van der Waals surface area (Å²) in [5, 5.41) is 4.17. The van der Waals surface area contributed by atoms with Crippen molar-refractivity contribution in [1.82, 2.24) is 4.90 Å². The molecule has 0 aliphatic carbocycles. The molecule has 3 aromatic rings.